The van der Waals surface area contributed by atoms with Gasteiger partial charge in [-0.05, 0) is 50.1 Å². The minimum Gasteiger partial charge on any atom is -0.456 e. The molecule has 3 aromatic carbocycles. The van der Waals surface area contributed by atoms with Crippen molar-refractivity contribution in [3.63, 3.8) is 0 Å². The van der Waals surface area contributed by atoms with Crippen molar-refractivity contribution < 1.29 is 9.15 Å². The van der Waals surface area contributed by atoms with Crippen molar-refractivity contribution in [3.05, 3.63) is 114 Å². The molecule has 0 aliphatic carbocycles. The molecular formula is C30H29NO2. The summed E-state index contributed by atoms with van der Waals surface area (Å²) in [6.07, 6.45) is 7.77. The first kappa shape index (κ1) is 21.3. The van der Waals surface area contributed by atoms with Crippen molar-refractivity contribution in [2.75, 3.05) is 4.90 Å². The molecule has 3 heteroatoms. The summed E-state index contributed by atoms with van der Waals surface area (Å²) in [5.74, 6) is 0. The highest BCUT2D eigenvalue weighted by Gasteiger charge is 2.41. The summed E-state index contributed by atoms with van der Waals surface area (Å²) in [6, 6.07) is 23.2. The Bertz CT molecular complexity index is 1360. The Morgan fingerprint density at radius 3 is 2.48 bits per heavy atom. The Labute approximate surface area is 195 Å². The fourth-order valence-corrected chi connectivity index (χ4v) is 4.80. The van der Waals surface area contributed by atoms with Crippen LogP contribution in [0.15, 0.2) is 108 Å². The van der Waals surface area contributed by atoms with Crippen molar-refractivity contribution in [1.82, 2.24) is 0 Å². The van der Waals surface area contributed by atoms with Crippen LogP contribution < -0.4 is 4.90 Å². The first-order valence-electron chi connectivity index (χ1n) is 11.5. The summed E-state index contributed by atoms with van der Waals surface area (Å²) < 4.78 is 12.8. The largest absolute Gasteiger partial charge is 0.456 e. The van der Waals surface area contributed by atoms with Gasteiger partial charge in [0.1, 0.15) is 17.3 Å². The van der Waals surface area contributed by atoms with Gasteiger partial charge in [0.25, 0.3) is 0 Å². The zero-order chi connectivity index (χ0) is 22.9. The molecule has 166 valence electrons. The molecule has 0 spiro atoms. The van der Waals surface area contributed by atoms with E-state index in [4.69, 9.17) is 9.15 Å². The van der Waals surface area contributed by atoms with Crippen LogP contribution in [0.25, 0.3) is 21.9 Å². The minimum absolute atomic E-state index is 0.104. The Kier molecular flexibility index (Phi) is 5.65. The molecule has 3 nitrogen and oxygen atoms in total. The number of para-hydroxylation sites is 1. The zero-order valence-corrected chi connectivity index (χ0v) is 19.4. The molecule has 1 aliphatic rings. The smallest absolute Gasteiger partial charge is 0.157 e. The highest BCUT2D eigenvalue weighted by Crippen LogP contribution is 2.44. The highest BCUT2D eigenvalue weighted by atomic mass is 16.5. The molecule has 0 amide bonds. The van der Waals surface area contributed by atoms with E-state index in [0.29, 0.717) is 0 Å². The van der Waals surface area contributed by atoms with Gasteiger partial charge in [0.05, 0.1) is 6.04 Å². The standard InChI is InChI=1S/C30H29NO2/c1-5-6-8-13-20(2)29-22(4)31(30(33-29)23-14-9-7-10-15-23)26-19-25-24-16-11-12-17-27(24)32-28(25)18-21(26)3/h5-19,22,29-30H,2H2,1,3-4H3/b6-5-,13-8-/t22-,29?,30?/m0/s1. The van der Waals surface area contributed by atoms with Gasteiger partial charge in [0.2, 0.25) is 0 Å². The summed E-state index contributed by atoms with van der Waals surface area (Å²) in [7, 11) is 0. The maximum atomic E-state index is 6.68. The summed E-state index contributed by atoms with van der Waals surface area (Å²) in [4.78, 5) is 2.39. The van der Waals surface area contributed by atoms with Crippen molar-refractivity contribution in [2.45, 2.75) is 39.1 Å². The van der Waals surface area contributed by atoms with E-state index >= 15 is 0 Å². The number of benzene rings is 3. The quantitative estimate of drug-likeness (QED) is 0.298. The first-order valence-corrected chi connectivity index (χ1v) is 11.5. The highest BCUT2D eigenvalue weighted by molar-refractivity contribution is 6.06. The minimum atomic E-state index is -0.201. The van der Waals surface area contributed by atoms with Crippen LogP contribution in [0.2, 0.25) is 0 Å². The first-order chi connectivity index (χ1) is 16.1. The van der Waals surface area contributed by atoms with Crippen LogP contribution in [0.4, 0.5) is 5.69 Å². The number of hydrogen-bond donors (Lipinski definition) is 0. The zero-order valence-electron chi connectivity index (χ0n) is 19.4. The summed E-state index contributed by atoms with van der Waals surface area (Å²) in [5, 5.41) is 2.26. The van der Waals surface area contributed by atoms with Gasteiger partial charge in [-0.25, -0.2) is 0 Å². The molecule has 1 aliphatic heterocycles. The molecule has 1 fully saturated rings. The maximum absolute atomic E-state index is 6.68. The maximum Gasteiger partial charge on any atom is 0.157 e. The monoisotopic (exact) mass is 435 g/mol. The molecule has 3 atom stereocenters. The number of fused-ring (bicyclic) bond motifs is 3. The number of hydrogen-bond acceptors (Lipinski definition) is 3. The molecule has 1 aromatic heterocycles. The third-order valence-electron chi connectivity index (χ3n) is 6.44. The third-order valence-corrected chi connectivity index (χ3v) is 6.44. The van der Waals surface area contributed by atoms with E-state index in [-0.39, 0.29) is 18.4 Å². The molecule has 1 saturated heterocycles. The predicted molar refractivity (Wildman–Crippen MR) is 138 cm³/mol. The Morgan fingerprint density at radius 1 is 0.939 bits per heavy atom. The lowest BCUT2D eigenvalue weighted by Gasteiger charge is -2.30. The summed E-state index contributed by atoms with van der Waals surface area (Å²) >= 11 is 0. The van der Waals surface area contributed by atoms with Crippen molar-refractivity contribution >= 4 is 27.6 Å². The third kappa shape index (κ3) is 3.79. The van der Waals surface area contributed by atoms with Crippen LogP contribution in [0.5, 0.6) is 0 Å². The molecule has 0 bridgehead atoms. The van der Waals surface area contributed by atoms with Gasteiger partial charge in [0, 0.05) is 22.0 Å². The van der Waals surface area contributed by atoms with Crippen molar-refractivity contribution in [1.29, 1.82) is 0 Å². The average Bonchev–Trinajstić information content (AvgIpc) is 3.36. The molecule has 4 aromatic rings. The average molecular weight is 436 g/mol. The van der Waals surface area contributed by atoms with E-state index in [1.165, 1.54) is 0 Å². The van der Waals surface area contributed by atoms with E-state index in [1.54, 1.807) is 0 Å². The number of allylic oxidation sites excluding steroid dienone is 3. The van der Waals surface area contributed by atoms with Crippen molar-refractivity contribution in [3.8, 4) is 0 Å². The molecule has 2 heterocycles. The molecule has 2 unspecified atom stereocenters. The topological polar surface area (TPSA) is 25.6 Å². The van der Waals surface area contributed by atoms with Gasteiger partial charge in [-0.2, -0.15) is 0 Å². The lowest BCUT2D eigenvalue weighted by atomic mass is 10.0. The molecule has 33 heavy (non-hydrogen) atoms. The summed E-state index contributed by atoms with van der Waals surface area (Å²) in [5.41, 5.74) is 6.24. The van der Waals surface area contributed by atoms with Crippen LogP contribution in [0, 0.1) is 6.92 Å². The predicted octanol–water partition coefficient (Wildman–Crippen LogP) is 7.88. The van der Waals surface area contributed by atoms with Crippen LogP contribution in [-0.4, -0.2) is 12.1 Å². The number of nitrogens with zero attached hydrogens (tertiary/aromatic N) is 1. The lowest BCUT2D eigenvalue weighted by Crippen LogP contribution is -2.34. The van der Waals surface area contributed by atoms with Crippen LogP contribution in [0.1, 0.15) is 31.2 Å². The SMILES string of the molecule is C=C(/C=C\C=C/C)C1OC(c2ccccc2)N(c2cc3c(cc2C)oc2ccccc23)[C@H]1C. The van der Waals surface area contributed by atoms with Gasteiger partial charge in [-0.3, -0.25) is 0 Å². The summed E-state index contributed by atoms with van der Waals surface area (Å²) in [6.45, 7) is 10.7. The van der Waals surface area contributed by atoms with Crippen LogP contribution in [0.3, 0.4) is 0 Å². The van der Waals surface area contributed by atoms with E-state index in [1.807, 2.05) is 49.4 Å². The van der Waals surface area contributed by atoms with Crippen LogP contribution in [-0.2, 0) is 4.74 Å². The lowest BCUT2D eigenvalue weighted by molar-refractivity contribution is 0.0651. The number of ether oxygens (including phenoxy) is 1. The fraction of sp³-hybridized carbons (Fsp3) is 0.200. The molecule has 0 saturated carbocycles. The molecule has 0 N–H and O–H groups in total. The van der Waals surface area contributed by atoms with Gasteiger partial charge in [-0.15, -0.1) is 0 Å². The fourth-order valence-electron chi connectivity index (χ4n) is 4.80. The normalized spacial score (nSPS) is 21.2. The molecule has 0 radical (unpaired) electrons. The van der Waals surface area contributed by atoms with Gasteiger partial charge < -0.3 is 14.1 Å². The second-order valence-electron chi connectivity index (χ2n) is 8.66. The van der Waals surface area contributed by atoms with E-state index in [9.17, 15) is 0 Å². The van der Waals surface area contributed by atoms with Gasteiger partial charge in [-0.1, -0.05) is 79.4 Å². The second-order valence-corrected chi connectivity index (χ2v) is 8.66. The number of anilines is 1. The van der Waals surface area contributed by atoms with Gasteiger partial charge in [0.15, 0.2) is 6.23 Å². The van der Waals surface area contributed by atoms with E-state index in [2.05, 4.69) is 73.9 Å². The number of aryl methyl sites for hydroxylation is 1. The second kappa shape index (κ2) is 8.76. The Balaban J connectivity index is 1.63. The van der Waals surface area contributed by atoms with Crippen molar-refractivity contribution in [2.24, 2.45) is 0 Å². The molecular weight excluding hydrogens is 406 g/mol. The van der Waals surface area contributed by atoms with Crippen LogP contribution >= 0.6 is 0 Å². The number of furan rings is 1. The Hall–Kier alpha value is -3.56. The molecule has 5 rings (SSSR count). The van der Waals surface area contributed by atoms with E-state index < -0.39 is 0 Å². The van der Waals surface area contributed by atoms with Gasteiger partial charge >= 0.3 is 0 Å². The Morgan fingerprint density at radius 2 is 1.70 bits per heavy atom. The number of rotatable bonds is 5. The van der Waals surface area contributed by atoms with E-state index in [0.717, 1.165) is 44.3 Å².